The standard InChI is InChI=1S/C14H10F7NO2/c1-8(2)11(23)24-22-10(9-6-4-3-5-7-9)12(15,16)13(17,18)14(19,20)21/h3-7H,1H2,2H3/b22-10-. The fourth-order valence-corrected chi connectivity index (χ4v) is 1.38. The molecule has 0 spiro atoms. The molecule has 1 rings (SSSR count). The van der Waals surface area contributed by atoms with Crippen molar-refractivity contribution in [3.05, 3.63) is 48.0 Å². The van der Waals surface area contributed by atoms with Gasteiger partial charge in [-0.2, -0.15) is 30.7 Å². The van der Waals surface area contributed by atoms with Crippen LogP contribution in [0, 0.1) is 0 Å². The van der Waals surface area contributed by atoms with Crippen molar-refractivity contribution in [2.24, 2.45) is 5.16 Å². The Balaban J connectivity index is 3.45. The van der Waals surface area contributed by atoms with Crippen molar-refractivity contribution in [1.29, 1.82) is 0 Å². The molecule has 0 N–H and O–H groups in total. The van der Waals surface area contributed by atoms with Gasteiger partial charge in [0.15, 0.2) is 5.71 Å². The van der Waals surface area contributed by atoms with Crippen LogP contribution in [-0.2, 0) is 9.63 Å². The Kier molecular flexibility index (Phi) is 5.42. The van der Waals surface area contributed by atoms with Crippen LogP contribution >= 0.6 is 0 Å². The third-order valence-corrected chi connectivity index (χ3v) is 2.66. The van der Waals surface area contributed by atoms with Gasteiger partial charge in [0.05, 0.1) is 0 Å². The van der Waals surface area contributed by atoms with Crippen molar-refractivity contribution in [3.8, 4) is 0 Å². The lowest BCUT2D eigenvalue weighted by Crippen LogP contribution is -2.56. The number of hydrogen-bond acceptors (Lipinski definition) is 3. The zero-order valence-corrected chi connectivity index (χ0v) is 12.0. The molecular formula is C14H10F7NO2. The fourth-order valence-electron chi connectivity index (χ4n) is 1.38. The van der Waals surface area contributed by atoms with Crippen LogP contribution in [0.4, 0.5) is 30.7 Å². The Morgan fingerprint density at radius 3 is 1.96 bits per heavy atom. The molecule has 0 aromatic heterocycles. The Hall–Kier alpha value is -2.39. The van der Waals surface area contributed by atoms with Crippen LogP contribution in [0.15, 0.2) is 47.6 Å². The lowest BCUT2D eigenvalue weighted by atomic mass is 9.99. The summed E-state index contributed by atoms with van der Waals surface area (Å²) in [6.45, 7) is 4.20. The van der Waals surface area contributed by atoms with Crippen LogP contribution in [0.3, 0.4) is 0 Å². The molecule has 0 fully saturated rings. The zero-order chi connectivity index (χ0) is 18.8. The van der Waals surface area contributed by atoms with E-state index in [-0.39, 0.29) is 5.57 Å². The number of nitrogens with zero attached hydrogens (tertiary/aromatic N) is 1. The van der Waals surface area contributed by atoms with Gasteiger partial charge in [0.2, 0.25) is 0 Å². The molecule has 0 amide bonds. The van der Waals surface area contributed by atoms with Gasteiger partial charge in [-0.15, -0.1) is 0 Å². The molecule has 10 heteroatoms. The summed E-state index contributed by atoms with van der Waals surface area (Å²) < 4.78 is 91.2. The van der Waals surface area contributed by atoms with E-state index in [9.17, 15) is 35.5 Å². The van der Waals surface area contributed by atoms with Gasteiger partial charge in [-0.05, 0) is 6.92 Å². The maximum Gasteiger partial charge on any atom is 0.460 e. The monoisotopic (exact) mass is 357 g/mol. The van der Waals surface area contributed by atoms with Gasteiger partial charge in [0.25, 0.3) is 0 Å². The number of carbonyl (C=O) groups excluding carboxylic acids is 1. The molecule has 0 radical (unpaired) electrons. The molecular weight excluding hydrogens is 347 g/mol. The van der Waals surface area contributed by atoms with Gasteiger partial charge in [-0.3, -0.25) is 0 Å². The van der Waals surface area contributed by atoms with Crippen LogP contribution in [0.1, 0.15) is 12.5 Å². The molecule has 3 nitrogen and oxygen atoms in total. The molecule has 0 atom stereocenters. The first-order valence-corrected chi connectivity index (χ1v) is 6.15. The lowest BCUT2D eigenvalue weighted by molar-refractivity contribution is -0.336. The first kappa shape index (κ1) is 19.7. The number of hydrogen-bond donors (Lipinski definition) is 0. The van der Waals surface area contributed by atoms with Crippen molar-refractivity contribution in [2.75, 3.05) is 0 Å². The Morgan fingerprint density at radius 2 is 1.54 bits per heavy atom. The molecule has 0 heterocycles. The van der Waals surface area contributed by atoms with E-state index in [4.69, 9.17) is 0 Å². The number of carbonyl (C=O) groups is 1. The van der Waals surface area contributed by atoms with Gasteiger partial charge in [-0.1, -0.05) is 42.1 Å². The van der Waals surface area contributed by atoms with E-state index in [0.29, 0.717) is 0 Å². The molecule has 0 saturated carbocycles. The van der Waals surface area contributed by atoms with E-state index in [1.165, 1.54) is 6.07 Å². The second-order valence-electron chi connectivity index (χ2n) is 4.61. The molecule has 24 heavy (non-hydrogen) atoms. The van der Waals surface area contributed by atoms with Crippen LogP contribution < -0.4 is 0 Å². The van der Waals surface area contributed by atoms with Gasteiger partial charge in [0.1, 0.15) is 0 Å². The lowest BCUT2D eigenvalue weighted by Gasteiger charge is -2.28. The summed E-state index contributed by atoms with van der Waals surface area (Å²) in [5.41, 5.74) is -3.14. The first-order valence-electron chi connectivity index (χ1n) is 6.15. The Morgan fingerprint density at radius 1 is 1.04 bits per heavy atom. The smallest absolute Gasteiger partial charge is 0.313 e. The van der Waals surface area contributed by atoms with E-state index >= 15 is 0 Å². The molecule has 0 aliphatic carbocycles. The van der Waals surface area contributed by atoms with Gasteiger partial charge in [-0.25, -0.2) is 4.79 Å². The molecule has 1 aromatic carbocycles. The molecule has 0 aliphatic rings. The number of oxime groups is 1. The molecule has 132 valence electrons. The first-order chi connectivity index (χ1) is 10.8. The third-order valence-electron chi connectivity index (χ3n) is 2.66. The summed E-state index contributed by atoms with van der Waals surface area (Å²) in [6.07, 6.45) is -6.55. The normalized spacial score (nSPS) is 13.6. The van der Waals surface area contributed by atoms with Gasteiger partial charge >= 0.3 is 24.0 Å². The van der Waals surface area contributed by atoms with Crippen LogP contribution in [0.25, 0.3) is 0 Å². The van der Waals surface area contributed by atoms with Crippen molar-refractivity contribution >= 4 is 11.7 Å². The van der Waals surface area contributed by atoms with Gasteiger partial charge < -0.3 is 4.84 Å². The number of alkyl halides is 7. The van der Waals surface area contributed by atoms with Crippen LogP contribution in [0.2, 0.25) is 0 Å². The average molecular weight is 357 g/mol. The highest BCUT2D eigenvalue weighted by Gasteiger charge is 2.75. The van der Waals surface area contributed by atoms with Crippen molar-refractivity contribution < 1.29 is 40.4 Å². The quantitative estimate of drug-likeness (QED) is 0.258. The minimum Gasteiger partial charge on any atom is -0.313 e. The third kappa shape index (κ3) is 3.74. The fraction of sp³-hybridized carbons (Fsp3) is 0.286. The van der Waals surface area contributed by atoms with E-state index in [1.54, 1.807) is 0 Å². The summed E-state index contributed by atoms with van der Waals surface area (Å²) >= 11 is 0. The molecule has 1 aromatic rings. The van der Waals surface area contributed by atoms with Crippen molar-refractivity contribution in [1.82, 2.24) is 0 Å². The van der Waals surface area contributed by atoms with Crippen LogP contribution in [0.5, 0.6) is 0 Å². The summed E-state index contributed by atoms with van der Waals surface area (Å²) in [5.74, 6) is -13.6. The molecule has 0 aliphatic heterocycles. The van der Waals surface area contributed by atoms with Crippen molar-refractivity contribution in [3.63, 3.8) is 0 Å². The largest absolute Gasteiger partial charge is 0.460 e. The summed E-state index contributed by atoms with van der Waals surface area (Å²) in [6, 6.07) is 5.14. The summed E-state index contributed by atoms with van der Waals surface area (Å²) in [5, 5.41) is 2.54. The second-order valence-corrected chi connectivity index (χ2v) is 4.61. The topological polar surface area (TPSA) is 38.7 Å². The predicted molar refractivity (Wildman–Crippen MR) is 69.8 cm³/mol. The second kappa shape index (κ2) is 6.62. The number of halogens is 7. The summed E-state index contributed by atoms with van der Waals surface area (Å²) in [4.78, 5) is 15.2. The van der Waals surface area contributed by atoms with E-state index in [0.717, 1.165) is 31.2 Å². The zero-order valence-electron chi connectivity index (χ0n) is 12.0. The number of rotatable bonds is 5. The predicted octanol–water partition coefficient (Wildman–Crippen LogP) is 4.34. The Labute approximate surface area is 131 Å². The maximum absolute atomic E-state index is 13.9. The highest BCUT2D eigenvalue weighted by molar-refractivity contribution is 6.06. The summed E-state index contributed by atoms with van der Waals surface area (Å²) in [7, 11) is 0. The van der Waals surface area contributed by atoms with E-state index in [1.807, 2.05) is 0 Å². The number of benzene rings is 1. The Bertz CT molecular complexity index is 651. The van der Waals surface area contributed by atoms with Gasteiger partial charge in [0, 0.05) is 11.1 Å². The highest BCUT2D eigenvalue weighted by atomic mass is 19.4. The maximum atomic E-state index is 13.9. The molecule has 0 saturated heterocycles. The minimum absolute atomic E-state index is 0.322. The van der Waals surface area contributed by atoms with E-state index < -0.39 is 35.3 Å². The SMILES string of the molecule is C=C(C)C(=O)O/N=C(/c1ccccc1)C(F)(F)C(F)(F)C(F)(F)F. The molecule has 0 bridgehead atoms. The minimum atomic E-state index is -6.55. The van der Waals surface area contributed by atoms with Crippen molar-refractivity contribution in [2.45, 2.75) is 24.9 Å². The van der Waals surface area contributed by atoms with E-state index in [2.05, 4.69) is 16.6 Å². The van der Waals surface area contributed by atoms with Crippen LogP contribution in [-0.4, -0.2) is 29.7 Å². The highest BCUT2D eigenvalue weighted by Crippen LogP contribution is 2.48. The molecule has 0 unspecified atom stereocenters. The average Bonchev–Trinajstić information content (AvgIpc) is 2.46.